The van der Waals surface area contributed by atoms with Crippen molar-refractivity contribution in [3.63, 3.8) is 0 Å². The highest BCUT2D eigenvalue weighted by atomic mass is 32.3. The van der Waals surface area contributed by atoms with Gasteiger partial charge in [-0.25, -0.2) is 13.2 Å². The molecular formula is C11H18O8S. The summed E-state index contributed by atoms with van der Waals surface area (Å²) in [6.07, 6.45) is -1.91. The Hall–Kier alpha value is -0.740. The highest BCUT2D eigenvalue weighted by Gasteiger charge is 2.61. The molecule has 116 valence electrons. The summed E-state index contributed by atoms with van der Waals surface area (Å²) in [5.41, 5.74) is -1.79. The van der Waals surface area contributed by atoms with E-state index >= 15 is 0 Å². The van der Waals surface area contributed by atoms with Gasteiger partial charge in [0.1, 0.15) is 12.2 Å². The first-order valence-electron chi connectivity index (χ1n) is 6.22. The lowest BCUT2D eigenvalue weighted by molar-refractivity contribution is -0.175. The highest BCUT2D eigenvalue weighted by Crippen LogP contribution is 2.38. The Bertz CT molecular complexity index is 499. The van der Waals surface area contributed by atoms with E-state index in [1.165, 1.54) is 6.92 Å². The Morgan fingerprint density at radius 3 is 2.50 bits per heavy atom. The number of ether oxygens (including phenoxy) is 3. The Balaban J connectivity index is 2.27. The lowest BCUT2D eigenvalue weighted by atomic mass is 9.95. The second-order valence-corrected chi connectivity index (χ2v) is 6.38. The first-order chi connectivity index (χ1) is 9.10. The Morgan fingerprint density at radius 2 is 2.00 bits per heavy atom. The van der Waals surface area contributed by atoms with Crippen molar-refractivity contribution in [2.24, 2.45) is 0 Å². The zero-order valence-corrected chi connectivity index (χ0v) is 12.6. The molecule has 0 aromatic heterocycles. The van der Waals surface area contributed by atoms with Crippen molar-refractivity contribution in [2.75, 3.05) is 13.2 Å². The normalized spacial score (nSPS) is 38.8. The molecule has 0 N–H and O–H groups in total. The number of rotatable bonds is 3. The molecule has 3 atom stereocenters. The molecule has 2 fully saturated rings. The molecule has 2 rings (SSSR count). The van der Waals surface area contributed by atoms with Gasteiger partial charge in [-0.05, 0) is 27.7 Å². The van der Waals surface area contributed by atoms with E-state index in [4.69, 9.17) is 22.6 Å². The van der Waals surface area contributed by atoms with Crippen molar-refractivity contribution in [1.82, 2.24) is 0 Å². The number of esters is 1. The highest BCUT2D eigenvalue weighted by molar-refractivity contribution is 7.82. The van der Waals surface area contributed by atoms with Crippen LogP contribution in [0.5, 0.6) is 0 Å². The quantitative estimate of drug-likeness (QED) is 0.678. The molecule has 2 saturated heterocycles. The third-order valence-corrected chi connectivity index (χ3v) is 4.08. The van der Waals surface area contributed by atoms with Gasteiger partial charge >= 0.3 is 16.4 Å². The number of hydrogen-bond acceptors (Lipinski definition) is 8. The van der Waals surface area contributed by atoms with Crippen LogP contribution in [0, 0.1) is 0 Å². The molecule has 0 spiro atoms. The molecule has 0 radical (unpaired) electrons. The Morgan fingerprint density at radius 1 is 1.35 bits per heavy atom. The second kappa shape index (κ2) is 4.92. The van der Waals surface area contributed by atoms with E-state index in [1.54, 1.807) is 20.8 Å². The summed E-state index contributed by atoms with van der Waals surface area (Å²) in [4.78, 5) is 12.0. The second-order valence-electron chi connectivity index (χ2n) is 5.20. The monoisotopic (exact) mass is 310 g/mol. The lowest BCUT2D eigenvalue weighted by Gasteiger charge is -2.27. The van der Waals surface area contributed by atoms with Gasteiger partial charge in [0, 0.05) is 0 Å². The molecule has 0 saturated carbocycles. The summed E-state index contributed by atoms with van der Waals surface area (Å²) in [5, 5.41) is 0. The van der Waals surface area contributed by atoms with Crippen LogP contribution >= 0.6 is 0 Å². The average Bonchev–Trinajstić information content (AvgIpc) is 2.77. The van der Waals surface area contributed by atoms with E-state index in [0.29, 0.717) is 0 Å². The van der Waals surface area contributed by atoms with Crippen LogP contribution in [-0.2, 0) is 37.8 Å². The van der Waals surface area contributed by atoms with Crippen molar-refractivity contribution >= 4 is 16.4 Å². The van der Waals surface area contributed by atoms with Crippen LogP contribution in [-0.4, -0.2) is 51.2 Å². The fourth-order valence-electron chi connectivity index (χ4n) is 2.20. The van der Waals surface area contributed by atoms with Crippen molar-refractivity contribution in [3.8, 4) is 0 Å². The molecule has 0 aromatic rings. The smallest absolute Gasteiger partial charge is 0.401 e. The zero-order chi connectivity index (χ0) is 15.2. The third-order valence-electron chi connectivity index (χ3n) is 3.09. The molecule has 0 bridgehead atoms. The number of carbonyl (C=O) groups is 1. The van der Waals surface area contributed by atoms with Gasteiger partial charge in [0.2, 0.25) is 5.60 Å². The molecule has 0 amide bonds. The van der Waals surface area contributed by atoms with Crippen LogP contribution in [0.4, 0.5) is 0 Å². The van der Waals surface area contributed by atoms with E-state index in [0.717, 1.165) is 0 Å². The molecular weight excluding hydrogens is 292 g/mol. The maximum atomic E-state index is 12.0. The summed E-state index contributed by atoms with van der Waals surface area (Å²) >= 11 is 0. The van der Waals surface area contributed by atoms with E-state index in [2.05, 4.69) is 0 Å². The zero-order valence-electron chi connectivity index (χ0n) is 11.7. The van der Waals surface area contributed by atoms with Gasteiger partial charge < -0.3 is 14.2 Å². The molecule has 0 aromatic carbocycles. The van der Waals surface area contributed by atoms with Crippen LogP contribution in [0.15, 0.2) is 0 Å². The summed E-state index contributed by atoms with van der Waals surface area (Å²) in [6.45, 7) is 6.45. The Kier molecular flexibility index (Phi) is 3.85. The molecule has 0 unspecified atom stereocenters. The SMILES string of the molecule is CCOC(=O)[C@]1(C)OS(=O)(=O)O[C@H]1[C@@H]1COC(C)(C)O1. The topological polar surface area (TPSA) is 97.4 Å². The summed E-state index contributed by atoms with van der Waals surface area (Å²) in [6, 6.07) is 0. The first-order valence-corrected chi connectivity index (χ1v) is 7.56. The largest absolute Gasteiger partial charge is 0.464 e. The predicted octanol–water partition coefficient (Wildman–Crippen LogP) is 0.120. The maximum absolute atomic E-state index is 12.0. The van der Waals surface area contributed by atoms with E-state index in [-0.39, 0.29) is 13.2 Å². The van der Waals surface area contributed by atoms with Gasteiger partial charge in [0.05, 0.1) is 13.2 Å². The predicted molar refractivity (Wildman–Crippen MR) is 64.8 cm³/mol. The van der Waals surface area contributed by atoms with Crippen molar-refractivity contribution < 1.29 is 35.8 Å². The van der Waals surface area contributed by atoms with Crippen LogP contribution in [0.1, 0.15) is 27.7 Å². The molecule has 9 heteroatoms. The fourth-order valence-corrected chi connectivity index (χ4v) is 3.39. The lowest BCUT2D eigenvalue weighted by Crippen LogP contribution is -2.52. The Labute approximate surface area is 117 Å². The minimum absolute atomic E-state index is 0.0888. The van der Waals surface area contributed by atoms with Crippen LogP contribution in [0.25, 0.3) is 0 Å². The number of carbonyl (C=O) groups excluding carboxylic acids is 1. The summed E-state index contributed by atoms with van der Waals surface area (Å²) in [7, 11) is -4.28. The van der Waals surface area contributed by atoms with Crippen LogP contribution < -0.4 is 0 Å². The average molecular weight is 310 g/mol. The van der Waals surface area contributed by atoms with Gasteiger partial charge in [-0.1, -0.05) is 0 Å². The molecule has 2 heterocycles. The van der Waals surface area contributed by atoms with Crippen molar-refractivity contribution in [3.05, 3.63) is 0 Å². The van der Waals surface area contributed by atoms with E-state index in [1.807, 2.05) is 0 Å². The van der Waals surface area contributed by atoms with Crippen molar-refractivity contribution in [1.29, 1.82) is 0 Å². The van der Waals surface area contributed by atoms with Gasteiger partial charge in [-0.2, -0.15) is 8.42 Å². The maximum Gasteiger partial charge on any atom is 0.401 e. The van der Waals surface area contributed by atoms with Crippen molar-refractivity contribution in [2.45, 2.75) is 51.3 Å². The summed E-state index contributed by atoms with van der Waals surface area (Å²) in [5.74, 6) is -1.70. The molecule has 20 heavy (non-hydrogen) atoms. The van der Waals surface area contributed by atoms with Gasteiger partial charge in [-0.3, -0.25) is 0 Å². The van der Waals surface area contributed by atoms with Gasteiger partial charge in [0.15, 0.2) is 5.79 Å². The van der Waals surface area contributed by atoms with Gasteiger partial charge in [0.25, 0.3) is 0 Å². The fraction of sp³-hybridized carbons (Fsp3) is 0.909. The minimum Gasteiger partial charge on any atom is -0.464 e. The van der Waals surface area contributed by atoms with Gasteiger partial charge in [-0.15, -0.1) is 0 Å². The molecule has 8 nitrogen and oxygen atoms in total. The number of hydrogen-bond donors (Lipinski definition) is 0. The third kappa shape index (κ3) is 2.82. The first kappa shape index (κ1) is 15.6. The molecule has 0 aliphatic carbocycles. The standard InChI is InChI=1S/C11H18O8S/c1-5-15-9(12)11(4)8(18-20(13,14)19-11)7-6-16-10(2,3)17-7/h7-8H,5-6H2,1-4H3/t7-,8-,11+/m0/s1. The molecule has 2 aliphatic heterocycles. The van der Waals surface area contributed by atoms with E-state index in [9.17, 15) is 13.2 Å². The molecule has 2 aliphatic rings. The van der Waals surface area contributed by atoms with Crippen LogP contribution in [0.2, 0.25) is 0 Å². The summed E-state index contributed by atoms with van der Waals surface area (Å²) < 4.78 is 48.5. The van der Waals surface area contributed by atoms with E-state index < -0.39 is 40.0 Å². The minimum atomic E-state index is -4.28. The van der Waals surface area contributed by atoms with Crippen LogP contribution in [0.3, 0.4) is 0 Å².